The minimum Gasteiger partial charge on any atom is -0.449 e. The highest BCUT2D eigenvalue weighted by Gasteiger charge is 2.20. The van der Waals surface area contributed by atoms with Gasteiger partial charge in [-0.05, 0) is 38.1 Å². The summed E-state index contributed by atoms with van der Waals surface area (Å²) in [5.74, 6) is -0.178. The van der Waals surface area contributed by atoms with Crippen molar-refractivity contribution in [3.05, 3.63) is 41.7 Å². The second-order valence-corrected chi connectivity index (χ2v) is 5.30. The molecule has 2 aromatic rings. The lowest BCUT2D eigenvalue weighted by molar-refractivity contribution is -0.123. The van der Waals surface area contributed by atoms with Crippen LogP contribution in [0.25, 0.3) is 0 Å². The number of carbonyl (C=O) groups is 2. The number of rotatable bonds is 5. The highest BCUT2D eigenvalue weighted by molar-refractivity contribution is 5.96. The average Bonchev–Trinajstić information content (AvgIpc) is 2.92. The number of amides is 1. The molecule has 0 saturated carbocycles. The molecule has 1 aromatic heterocycles. The Hall–Kier alpha value is -2.83. The Morgan fingerprint density at radius 1 is 1.26 bits per heavy atom. The number of nitrogens with one attached hydrogen (secondary N) is 1. The Labute approximate surface area is 134 Å². The smallest absolute Gasteiger partial charge is 0.338 e. The molecule has 1 amide bonds. The van der Waals surface area contributed by atoms with E-state index in [1.54, 1.807) is 37.3 Å². The predicted molar refractivity (Wildman–Crippen MR) is 85.5 cm³/mol. The molecule has 0 fully saturated rings. The number of hydrogen-bond acceptors (Lipinski definition) is 6. The second kappa shape index (κ2) is 6.95. The van der Waals surface area contributed by atoms with Gasteiger partial charge < -0.3 is 19.5 Å². The molecule has 1 unspecified atom stereocenters. The van der Waals surface area contributed by atoms with Crippen LogP contribution in [0.5, 0.6) is 0 Å². The lowest BCUT2D eigenvalue weighted by Gasteiger charge is -2.14. The van der Waals surface area contributed by atoms with E-state index in [1.165, 1.54) is 6.92 Å². The van der Waals surface area contributed by atoms with Gasteiger partial charge in [0.2, 0.25) is 0 Å². The molecule has 0 aliphatic rings. The third kappa shape index (κ3) is 4.32. The zero-order valence-corrected chi connectivity index (χ0v) is 13.5. The van der Waals surface area contributed by atoms with Crippen LogP contribution in [0.1, 0.15) is 23.0 Å². The van der Waals surface area contributed by atoms with Gasteiger partial charge in [-0.25, -0.2) is 4.79 Å². The summed E-state index contributed by atoms with van der Waals surface area (Å²) in [6.45, 7) is 3.21. The molecule has 0 radical (unpaired) electrons. The second-order valence-electron chi connectivity index (χ2n) is 5.30. The van der Waals surface area contributed by atoms with Crippen LogP contribution in [0.4, 0.5) is 11.5 Å². The molecule has 2 rings (SSSR count). The Kier molecular flexibility index (Phi) is 5.00. The van der Waals surface area contributed by atoms with Crippen LogP contribution in [-0.2, 0) is 9.53 Å². The van der Waals surface area contributed by atoms with Gasteiger partial charge in [0, 0.05) is 25.8 Å². The van der Waals surface area contributed by atoms with E-state index in [-0.39, 0.29) is 5.82 Å². The first-order valence-electron chi connectivity index (χ1n) is 7.09. The number of hydrogen-bond donors (Lipinski definition) is 1. The number of nitrogens with zero attached hydrogens (tertiary/aromatic N) is 2. The normalized spacial score (nSPS) is 11.7. The maximum absolute atomic E-state index is 12.0. The topological polar surface area (TPSA) is 84.7 Å². The molecule has 0 aliphatic carbocycles. The summed E-state index contributed by atoms with van der Waals surface area (Å²) in [5.41, 5.74) is 1.35. The van der Waals surface area contributed by atoms with Crippen molar-refractivity contribution < 1.29 is 18.8 Å². The maximum atomic E-state index is 12.0. The number of aromatic nitrogens is 1. The number of carbonyl (C=O) groups excluding carboxylic acids is 2. The maximum Gasteiger partial charge on any atom is 0.338 e. The summed E-state index contributed by atoms with van der Waals surface area (Å²) in [4.78, 5) is 25.9. The van der Waals surface area contributed by atoms with E-state index in [1.807, 2.05) is 19.0 Å². The van der Waals surface area contributed by atoms with E-state index in [0.717, 1.165) is 5.69 Å². The number of benzene rings is 1. The van der Waals surface area contributed by atoms with E-state index >= 15 is 0 Å². The summed E-state index contributed by atoms with van der Waals surface area (Å²) >= 11 is 0. The third-order valence-electron chi connectivity index (χ3n) is 3.15. The standard InChI is InChI=1S/C16H19N3O4/c1-10-9-14(18-23-10)17-15(20)11(2)22-16(21)12-5-7-13(8-6-12)19(3)4/h5-9,11H,1-4H3,(H,17,18,20). The van der Waals surface area contributed by atoms with Gasteiger partial charge in [-0.3, -0.25) is 4.79 Å². The van der Waals surface area contributed by atoms with Gasteiger partial charge in [-0.1, -0.05) is 5.16 Å². The van der Waals surface area contributed by atoms with Crippen LogP contribution in [0, 0.1) is 6.92 Å². The van der Waals surface area contributed by atoms with Crippen LogP contribution in [-0.4, -0.2) is 37.2 Å². The van der Waals surface area contributed by atoms with Crippen molar-refractivity contribution in [3.63, 3.8) is 0 Å². The molecule has 1 heterocycles. The van der Waals surface area contributed by atoms with Crippen molar-refractivity contribution in [2.75, 3.05) is 24.3 Å². The lowest BCUT2D eigenvalue weighted by Crippen LogP contribution is -2.30. The molecule has 7 heteroatoms. The summed E-state index contributed by atoms with van der Waals surface area (Å²) in [5, 5.41) is 6.17. The van der Waals surface area contributed by atoms with Crippen LogP contribution in [0.15, 0.2) is 34.9 Å². The first kappa shape index (κ1) is 16.5. The van der Waals surface area contributed by atoms with E-state index in [4.69, 9.17) is 9.26 Å². The van der Waals surface area contributed by atoms with Gasteiger partial charge in [0.1, 0.15) is 5.76 Å². The van der Waals surface area contributed by atoms with Crippen molar-refractivity contribution in [1.29, 1.82) is 0 Å². The number of esters is 1. The van der Waals surface area contributed by atoms with Crippen LogP contribution in [0.2, 0.25) is 0 Å². The van der Waals surface area contributed by atoms with Gasteiger partial charge in [-0.15, -0.1) is 0 Å². The Balaban J connectivity index is 1.94. The number of anilines is 2. The van der Waals surface area contributed by atoms with Crippen molar-refractivity contribution in [3.8, 4) is 0 Å². The van der Waals surface area contributed by atoms with Crippen LogP contribution in [0.3, 0.4) is 0 Å². The molecule has 0 aliphatic heterocycles. The van der Waals surface area contributed by atoms with Crippen molar-refractivity contribution in [1.82, 2.24) is 5.16 Å². The van der Waals surface area contributed by atoms with Gasteiger partial charge in [-0.2, -0.15) is 0 Å². The largest absolute Gasteiger partial charge is 0.449 e. The fourth-order valence-electron chi connectivity index (χ4n) is 1.83. The highest BCUT2D eigenvalue weighted by Crippen LogP contribution is 2.14. The van der Waals surface area contributed by atoms with E-state index < -0.39 is 18.0 Å². The zero-order chi connectivity index (χ0) is 17.0. The Morgan fingerprint density at radius 2 is 1.91 bits per heavy atom. The summed E-state index contributed by atoms with van der Waals surface area (Å²) in [6.07, 6.45) is -0.951. The van der Waals surface area contributed by atoms with Crippen LogP contribution >= 0.6 is 0 Å². The molecule has 1 N–H and O–H groups in total. The van der Waals surface area contributed by atoms with E-state index in [0.29, 0.717) is 11.3 Å². The number of ether oxygens (including phenoxy) is 1. The molecule has 122 valence electrons. The van der Waals surface area contributed by atoms with Gasteiger partial charge in [0.05, 0.1) is 5.56 Å². The fourth-order valence-corrected chi connectivity index (χ4v) is 1.83. The molecular weight excluding hydrogens is 298 g/mol. The zero-order valence-electron chi connectivity index (χ0n) is 13.5. The van der Waals surface area contributed by atoms with Gasteiger partial charge in [0.25, 0.3) is 5.91 Å². The predicted octanol–water partition coefficient (Wildman–Crippen LogP) is 2.23. The minimum atomic E-state index is -0.951. The highest BCUT2D eigenvalue weighted by atomic mass is 16.5. The Morgan fingerprint density at radius 3 is 2.43 bits per heavy atom. The number of aryl methyl sites for hydroxylation is 1. The molecule has 0 spiro atoms. The van der Waals surface area contributed by atoms with Crippen molar-refractivity contribution in [2.45, 2.75) is 20.0 Å². The SMILES string of the molecule is Cc1cc(NC(=O)C(C)OC(=O)c2ccc(N(C)C)cc2)no1. The van der Waals surface area contributed by atoms with Gasteiger partial charge in [0.15, 0.2) is 11.9 Å². The summed E-state index contributed by atoms with van der Waals surface area (Å²) in [6, 6.07) is 8.50. The Bertz CT molecular complexity index is 692. The first-order valence-corrected chi connectivity index (χ1v) is 7.09. The molecule has 23 heavy (non-hydrogen) atoms. The monoisotopic (exact) mass is 317 g/mol. The molecular formula is C16H19N3O4. The fraction of sp³-hybridized carbons (Fsp3) is 0.312. The molecule has 7 nitrogen and oxygen atoms in total. The molecule has 1 atom stereocenters. The summed E-state index contributed by atoms with van der Waals surface area (Å²) < 4.78 is 10.0. The average molecular weight is 317 g/mol. The molecule has 0 bridgehead atoms. The quantitative estimate of drug-likeness (QED) is 0.851. The van der Waals surface area contributed by atoms with Crippen LogP contribution < -0.4 is 10.2 Å². The van der Waals surface area contributed by atoms with Gasteiger partial charge >= 0.3 is 5.97 Å². The van der Waals surface area contributed by atoms with E-state index in [2.05, 4.69) is 10.5 Å². The molecule has 1 aromatic carbocycles. The molecule has 0 saturated heterocycles. The van der Waals surface area contributed by atoms with Crippen molar-refractivity contribution in [2.24, 2.45) is 0 Å². The first-order chi connectivity index (χ1) is 10.9. The van der Waals surface area contributed by atoms with E-state index in [9.17, 15) is 9.59 Å². The van der Waals surface area contributed by atoms with Crippen molar-refractivity contribution >= 4 is 23.4 Å². The third-order valence-corrected chi connectivity index (χ3v) is 3.15. The lowest BCUT2D eigenvalue weighted by atomic mass is 10.2. The summed E-state index contributed by atoms with van der Waals surface area (Å²) in [7, 11) is 3.82. The minimum absolute atomic E-state index is 0.283.